The fourth-order valence-corrected chi connectivity index (χ4v) is 1.42. The molecule has 5 heteroatoms. The minimum Gasteiger partial charge on any atom is -0.477 e. The van der Waals surface area contributed by atoms with Crippen LogP contribution in [0.25, 0.3) is 0 Å². The van der Waals surface area contributed by atoms with Crippen LogP contribution in [0.4, 0.5) is 5.82 Å². The lowest BCUT2D eigenvalue weighted by Gasteiger charge is -2.14. The molecular formula is C10H13N3O2. The van der Waals surface area contributed by atoms with E-state index in [9.17, 15) is 4.79 Å². The summed E-state index contributed by atoms with van der Waals surface area (Å²) >= 11 is 0. The third-order valence-corrected chi connectivity index (χ3v) is 2.38. The Morgan fingerprint density at radius 2 is 2.20 bits per heavy atom. The molecule has 1 aromatic rings. The van der Waals surface area contributed by atoms with Crippen LogP contribution in [0, 0.1) is 0 Å². The van der Waals surface area contributed by atoms with Crippen molar-refractivity contribution in [2.24, 2.45) is 0 Å². The van der Waals surface area contributed by atoms with E-state index < -0.39 is 5.97 Å². The van der Waals surface area contributed by atoms with E-state index in [0.717, 1.165) is 18.7 Å². The Balaban J connectivity index is 2.43. The highest BCUT2D eigenvalue weighted by atomic mass is 16.4. The summed E-state index contributed by atoms with van der Waals surface area (Å²) in [5.74, 6) is 0.704. The second-order valence-corrected chi connectivity index (χ2v) is 3.94. The minimum absolute atomic E-state index is 0.157. The first-order valence-electron chi connectivity index (χ1n) is 4.87. The Morgan fingerprint density at radius 1 is 1.53 bits per heavy atom. The van der Waals surface area contributed by atoms with Gasteiger partial charge in [-0.05, 0) is 12.8 Å². The summed E-state index contributed by atoms with van der Waals surface area (Å²) < 4.78 is 0. The predicted molar refractivity (Wildman–Crippen MR) is 55.3 cm³/mol. The van der Waals surface area contributed by atoms with Crippen molar-refractivity contribution in [3.63, 3.8) is 0 Å². The highest BCUT2D eigenvalue weighted by Gasteiger charge is 2.28. The molecule has 1 heterocycles. The van der Waals surface area contributed by atoms with Crippen molar-refractivity contribution >= 4 is 11.8 Å². The van der Waals surface area contributed by atoms with E-state index in [1.165, 1.54) is 6.20 Å². The third-order valence-electron chi connectivity index (χ3n) is 2.38. The number of carbonyl (C=O) groups is 1. The summed E-state index contributed by atoms with van der Waals surface area (Å²) in [4.78, 5) is 21.0. The molecule has 0 spiro atoms. The molecule has 0 saturated heterocycles. The van der Waals surface area contributed by atoms with Gasteiger partial charge in [0.1, 0.15) is 17.2 Å². The van der Waals surface area contributed by atoms with Gasteiger partial charge in [-0.25, -0.2) is 14.8 Å². The average Bonchev–Trinajstić information content (AvgIpc) is 2.99. The maximum Gasteiger partial charge on any atom is 0.341 e. The molecule has 1 fully saturated rings. The Labute approximate surface area is 87.8 Å². The van der Waals surface area contributed by atoms with Crippen molar-refractivity contribution < 1.29 is 9.90 Å². The molecule has 0 bridgehead atoms. The summed E-state index contributed by atoms with van der Waals surface area (Å²) in [5.41, 5.74) is 0.157. The molecule has 1 aliphatic rings. The molecule has 0 amide bonds. The number of hydrogen-bond donors (Lipinski definition) is 1. The Hall–Kier alpha value is -1.65. The standard InChI is InChI=1S/C10H13N3O2/c1-13(2)9-7(10(14)15)5-11-8(12-9)6-3-4-6/h5-6H,3-4H2,1-2H3,(H,14,15). The number of nitrogens with zero attached hydrogens (tertiary/aromatic N) is 3. The summed E-state index contributed by atoms with van der Waals surface area (Å²) in [6.45, 7) is 0. The van der Waals surface area contributed by atoms with Crippen molar-refractivity contribution in [2.75, 3.05) is 19.0 Å². The van der Waals surface area contributed by atoms with Gasteiger partial charge < -0.3 is 10.0 Å². The van der Waals surface area contributed by atoms with Crippen molar-refractivity contribution in [1.82, 2.24) is 9.97 Å². The lowest BCUT2D eigenvalue weighted by molar-refractivity contribution is 0.0696. The SMILES string of the molecule is CN(C)c1nc(C2CC2)ncc1C(=O)O. The van der Waals surface area contributed by atoms with Gasteiger partial charge in [0, 0.05) is 26.2 Å². The molecule has 1 aromatic heterocycles. The van der Waals surface area contributed by atoms with Crippen LogP contribution in [0.5, 0.6) is 0 Å². The molecule has 1 N–H and O–H groups in total. The van der Waals surface area contributed by atoms with Gasteiger partial charge in [0.2, 0.25) is 0 Å². The highest BCUT2D eigenvalue weighted by molar-refractivity contribution is 5.92. The molecule has 1 saturated carbocycles. The maximum absolute atomic E-state index is 10.9. The smallest absolute Gasteiger partial charge is 0.341 e. The lowest BCUT2D eigenvalue weighted by atomic mass is 10.3. The number of rotatable bonds is 3. The number of carboxylic acids is 1. The van der Waals surface area contributed by atoms with Gasteiger partial charge in [0.25, 0.3) is 0 Å². The normalized spacial score (nSPS) is 15.1. The topological polar surface area (TPSA) is 66.3 Å². The summed E-state index contributed by atoms with van der Waals surface area (Å²) in [6, 6.07) is 0. The van der Waals surface area contributed by atoms with Gasteiger partial charge in [-0.2, -0.15) is 0 Å². The molecule has 0 aromatic carbocycles. The number of aromatic nitrogens is 2. The number of carboxylic acid groups (broad SMARTS) is 1. The number of hydrogen-bond acceptors (Lipinski definition) is 4. The molecule has 0 atom stereocenters. The van der Waals surface area contributed by atoms with Crippen LogP contribution in [-0.2, 0) is 0 Å². The summed E-state index contributed by atoms with van der Waals surface area (Å²) in [7, 11) is 3.57. The van der Waals surface area contributed by atoms with Crippen molar-refractivity contribution in [1.29, 1.82) is 0 Å². The van der Waals surface area contributed by atoms with Gasteiger partial charge in [0.05, 0.1) is 0 Å². The zero-order chi connectivity index (χ0) is 11.0. The fourth-order valence-electron chi connectivity index (χ4n) is 1.42. The monoisotopic (exact) mass is 207 g/mol. The fraction of sp³-hybridized carbons (Fsp3) is 0.500. The quantitative estimate of drug-likeness (QED) is 0.804. The molecule has 5 nitrogen and oxygen atoms in total. The van der Waals surface area contributed by atoms with Crippen LogP contribution >= 0.6 is 0 Å². The second kappa shape index (κ2) is 3.49. The predicted octanol–water partition coefficient (Wildman–Crippen LogP) is 1.12. The van der Waals surface area contributed by atoms with Gasteiger partial charge in [-0.1, -0.05) is 0 Å². The highest BCUT2D eigenvalue weighted by Crippen LogP contribution is 2.38. The molecule has 0 aliphatic heterocycles. The van der Waals surface area contributed by atoms with E-state index in [0.29, 0.717) is 11.7 Å². The average molecular weight is 207 g/mol. The van der Waals surface area contributed by atoms with Gasteiger partial charge in [0.15, 0.2) is 0 Å². The van der Waals surface area contributed by atoms with Crippen molar-refractivity contribution in [3.05, 3.63) is 17.6 Å². The van der Waals surface area contributed by atoms with Gasteiger partial charge >= 0.3 is 5.97 Å². The van der Waals surface area contributed by atoms with Gasteiger partial charge in [-0.3, -0.25) is 0 Å². The van der Waals surface area contributed by atoms with Crippen LogP contribution in [0.3, 0.4) is 0 Å². The van der Waals surface area contributed by atoms with Crippen LogP contribution in [0.15, 0.2) is 6.20 Å². The van der Waals surface area contributed by atoms with Crippen LogP contribution in [-0.4, -0.2) is 35.1 Å². The summed E-state index contributed by atoms with van der Waals surface area (Å²) in [5, 5.41) is 8.95. The van der Waals surface area contributed by atoms with E-state index in [-0.39, 0.29) is 5.56 Å². The minimum atomic E-state index is -0.985. The largest absolute Gasteiger partial charge is 0.477 e. The molecule has 80 valence electrons. The first kappa shape index (κ1) is 9.89. The molecule has 1 aliphatic carbocycles. The molecule has 0 unspecified atom stereocenters. The first-order chi connectivity index (χ1) is 7.09. The van der Waals surface area contributed by atoms with Crippen LogP contribution in [0.2, 0.25) is 0 Å². The first-order valence-corrected chi connectivity index (χ1v) is 4.87. The maximum atomic E-state index is 10.9. The van der Waals surface area contributed by atoms with E-state index in [1.807, 2.05) is 0 Å². The van der Waals surface area contributed by atoms with E-state index >= 15 is 0 Å². The van der Waals surface area contributed by atoms with E-state index in [2.05, 4.69) is 9.97 Å². The van der Waals surface area contributed by atoms with Crippen molar-refractivity contribution in [2.45, 2.75) is 18.8 Å². The molecule has 2 rings (SSSR count). The molecular weight excluding hydrogens is 194 g/mol. The second-order valence-electron chi connectivity index (χ2n) is 3.94. The zero-order valence-electron chi connectivity index (χ0n) is 8.77. The molecule has 0 radical (unpaired) electrons. The zero-order valence-corrected chi connectivity index (χ0v) is 8.77. The Bertz CT molecular complexity index is 400. The molecule has 15 heavy (non-hydrogen) atoms. The van der Waals surface area contributed by atoms with Crippen LogP contribution in [0.1, 0.15) is 34.9 Å². The van der Waals surface area contributed by atoms with E-state index in [4.69, 9.17) is 5.11 Å². The van der Waals surface area contributed by atoms with Gasteiger partial charge in [-0.15, -0.1) is 0 Å². The number of aromatic carboxylic acids is 1. The number of anilines is 1. The lowest BCUT2D eigenvalue weighted by Crippen LogP contribution is -2.17. The summed E-state index contributed by atoms with van der Waals surface area (Å²) in [6.07, 6.45) is 3.62. The Kier molecular flexibility index (Phi) is 2.30. The van der Waals surface area contributed by atoms with Crippen molar-refractivity contribution in [3.8, 4) is 0 Å². The Morgan fingerprint density at radius 3 is 2.67 bits per heavy atom. The van der Waals surface area contributed by atoms with E-state index in [1.54, 1.807) is 19.0 Å². The third kappa shape index (κ3) is 1.91. The van der Waals surface area contributed by atoms with Crippen LogP contribution < -0.4 is 4.90 Å².